The summed E-state index contributed by atoms with van der Waals surface area (Å²) in [4.78, 5) is 53.2. The average Bonchev–Trinajstić information content (AvgIpc) is 3.28. The highest BCUT2D eigenvalue weighted by atomic mass is 16.5. The number of benzene rings is 2. The van der Waals surface area contributed by atoms with Crippen LogP contribution in [-0.4, -0.2) is 51.9 Å². The maximum Gasteiger partial charge on any atom is 0.337 e. The summed E-state index contributed by atoms with van der Waals surface area (Å²) in [7, 11) is 1.29. The molecule has 0 radical (unpaired) electrons. The lowest BCUT2D eigenvalue weighted by Crippen LogP contribution is -2.58. The van der Waals surface area contributed by atoms with E-state index in [2.05, 4.69) is 5.32 Å². The Hall–Kier alpha value is -3.52. The lowest BCUT2D eigenvalue weighted by molar-refractivity contribution is -0.153. The molecule has 2 heterocycles. The molecule has 2 aliphatic rings. The molecule has 8 nitrogen and oxygen atoms in total. The van der Waals surface area contributed by atoms with Crippen LogP contribution >= 0.6 is 0 Å². The number of aliphatic carboxylic acids is 1. The van der Waals surface area contributed by atoms with E-state index in [0.29, 0.717) is 11.1 Å². The number of carboxylic acids is 1. The third-order valence-electron chi connectivity index (χ3n) is 6.72. The number of fused-ring (bicyclic) bond motifs is 1. The van der Waals surface area contributed by atoms with Crippen LogP contribution in [0.15, 0.2) is 54.6 Å². The van der Waals surface area contributed by atoms with E-state index < -0.39 is 52.7 Å². The van der Waals surface area contributed by atoms with Gasteiger partial charge in [-0.1, -0.05) is 42.5 Å². The number of likely N-dealkylation sites (tertiary alicyclic amines) is 1. The summed E-state index contributed by atoms with van der Waals surface area (Å²) in [6.45, 7) is 5.28. The van der Waals surface area contributed by atoms with Crippen molar-refractivity contribution in [1.29, 1.82) is 0 Å². The number of hydrogen-bond donors (Lipinski definition) is 2. The van der Waals surface area contributed by atoms with E-state index in [4.69, 9.17) is 4.74 Å². The Labute approximate surface area is 197 Å². The van der Waals surface area contributed by atoms with Crippen molar-refractivity contribution in [2.75, 3.05) is 7.11 Å². The van der Waals surface area contributed by atoms with Gasteiger partial charge in [0.2, 0.25) is 11.8 Å². The first-order valence-electron chi connectivity index (χ1n) is 11.1. The fourth-order valence-electron chi connectivity index (χ4n) is 5.25. The monoisotopic (exact) mass is 464 g/mol. The summed E-state index contributed by atoms with van der Waals surface area (Å²) in [6.07, 6.45) is 0.0398. The highest BCUT2D eigenvalue weighted by Gasteiger charge is 2.69. The van der Waals surface area contributed by atoms with Crippen molar-refractivity contribution in [1.82, 2.24) is 10.2 Å². The van der Waals surface area contributed by atoms with Crippen molar-refractivity contribution in [3.8, 4) is 0 Å². The molecule has 2 fully saturated rings. The van der Waals surface area contributed by atoms with Gasteiger partial charge >= 0.3 is 11.9 Å². The van der Waals surface area contributed by atoms with Crippen LogP contribution in [0.1, 0.15) is 48.3 Å². The van der Waals surface area contributed by atoms with Crippen LogP contribution in [0.5, 0.6) is 0 Å². The van der Waals surface area contributed by atoms with Crippen molar-refractivity contribution in [2.45, 2.75) is 44.3 Å². The van der Waals surface area contributed by atoms with E-state index in [1.165, 1.54) is 12.0 Å². The van der Waals surface area contributed by atoms with Crippen LogP contribution < -0.4 is 5.32 Å². The molecular formula is C26H28N2O6. The molecule has 34 heavy (non-hydrogen) atoms. The lowest BCUT2D eigenvalue weighted by Gasteiger charge is -2.35. The van der Waals surface area contributed by atoms with E-state index in [9.17, 15) is 24.3 Å². The third-order valence-corrected chi connectivity index (χ3v) is 6.72. The van der Waals surface area contributed by atoms with Gasteiger partial charge in [-0.3, -0.25) is 24.6 Å². The van der Waals surface area contributed by atoms with Gasteiger partial charge in [0.1, 0.15) is 5.54 Å². The SMILES string of the molecule is COC(=O)c1ccc(C2NC(Cc3ccccc3)(C(=O)O)C3C(=O)N(C(C)(C)C)C(=O)C23)cc1. The highest BCUT2D eigenvalue weighted by Crippen LogP contribution is 2.51. The number of carbonyl (C=O) groups excluding carboxylic acids is 3. The topological polar surface area (TPSA) is 113 Å². The second-order valence-corrected chi connectivity index (χ2v) is 9.86. The number of rotatable bonds is 5. The maximum atomic E-state index is 13.7. The Morgan fingerprint density at radius 2 is 1.65 bits per heavy atom. The van der Waals surface area contributed by atoms with Crippen molar-refractivity contribution in [3.63, 3.8) is 0 Å². The quantitative estimate of drug-likeness (QED) is 0.517. The van der Waals surface area contributed by atoms with E-state index in [1.807, 2.05) is 30.3 Å². The molecule has 4 atom stereocenters. The standard InChI is InChI=1S/C26H28N2O6/c1-25(2,3)28-21(29)18-19(22(28)30)26(24(32)33,14-15-8-6-5-7-9-15)27-20(18)16-10-12-17(13-11-16)23(31)34-4/h5-13,18-20,27H,14H2,1-4H3,(H,32,33). The normalized spacial score (nSPS) is 26.5. The zero-order chi connectivity index (χ0) is 24.8. The number of carboxylic acid groups (broad SMARTS) is 1. The van der Waals surface area contributed by atoms with Gasteiger partial charge in [-0.25, -0.2) is 4.79 Å². The van der Waals surface area contributed by atoms with Crippen molar-refractivity contribution < 1.29 is 29.0 Å². The van der Waals surface area contributed by atoms with E-state index in [0.717, 1.165) is 5.56 Å². The van der Waals surface area contributed by atoms with E-state index in [-0.39, 0.29) is 6.42 Å². The summed E-state index contributed by atoms with van der Waals surface area (Å²) in [6, 6.07) is 14.8. The lowest BCUT2D eigenvalue weighted by atomic mass is 9.76. The average molecular weight is 465 g/mol. The van der Waals surface area contributed by atoms with Crippen LogP contribution in [0.2, 0.25) is 0 Å². The molecule has 2 amide bonds. The number of ether oxygens (including phenoxy) is 1. The van der Waals surface area contributed by atoms with Gasteiger partial charge in [0.15, 0.2) is 0 Å². The summed E-state index contributed by atoms with van der Waals surface area (Å²) < 4.78 is 4.75. The van der Waals surface area contributed by atoms with Gasteiger partial charge in [-0.05, 0) is 44.0 Å². The molecule has 4 unspecified atom stereocenters. The number of imide groups is 1. The number of nitrogens with zero attached hydrogens (tertiary/aromatic N) is 1. The van der Waals surface area contributed by atoms with Crippen LogP contribution in [0.3, 0.4) is 0 Å². The minimum Gasteiger partial charge on any atom is -0.480 e. The molecule has 0 aliphatic carbocycles. The molecule has 0 bridgehead atoms. The Bertz CT molecular complexity index is 1140. The number of esters is 1. The van der Waals surface area contributed by atoms with Gasteiger partial charge in [0.25, 0.3) is 0 Å². The number of carbonyl (C=O) groups is 4. The van der Waals surface area contributed by atoms with Gasteiger partial charge < -0.3 is 9.84 Å². The van der Waals surface area contributed by atoms with Crippen LogP contribution in [0, 0.1) is 11.8 Å². The first kappa shape index (κ1) is 23.6. The van der Waals surface area contributed by atoms with Crippen LogP contribution in [0.25, 0.3) is 0 Å². The van der Waals surface area contributed by atoms with Crippen LogP contribution in [-0.2, 0) is 25.5 Å². The fourth-order valence-corrected chi connectivity index (χ4v) is 5.25. The predicted molar refractivity (Wildman–Crippen MR) is 123 cm³/mol. The minimum absolute atomic E-state index is 0.0398. The predicted octanol–water partition coefficient (Wildman–Crippen LogP) is 2.58. The van der Waals surface area contributed by atoms with E-state index >= 15 is 0 Å². The smallest absolute Gasteiger partial charge is 0.337 e. The molecular weight excluding hydrogens is 436 g/mol. The Kier molecular flexibility index (Phi) is 5.81. The number of hydrogen-bond acceptors (Lipinski definition) is 6. The highest BCUT2D eigenvalue weighted by molar-refractivity contribution is 6.10. The maximum absolute atomic E-state index is 13.7. The molecule has 0 aromatic heterocycles. The van der Waals surface area contributed by atoms with Gasteiger partial charge in [-0.15, -0.1) is 0 Å². The molecule has 4 rings (SSSR count). The zero-order valence-corrected chi connectivity index (χ0v) is 19.6. The van der Waals surface area contributed by atoms with Crippen molar-refractivity contribution in [3.05, 3.63) is 71.3 Å². The Morgan fingerprint density at radius 3 is 2.18 bits per heavy atom. The van der Waals surface area contributed by atoms with Gasteiger partial charge in [-0.2, -0.15) is 0 Å². The van der Waals surface area contributed by atoms with Crippen LogP contribution in [0.4, 0.5) is 0 Å². The molecule has 178 valence electrons. The second kappa shape index (κ2) is 8.36. The molecule has 2 aromatic carbocycles. The molecule has 2 aliphatic heterocycles. The molecule has 0 spiro atoms. The third kappa shape index (κ3) is 3.68. The van der Waals surface area contributed by atoms with Gasteiger partial charge in [0.05, 0.1) is 24.5 Å². The van der Waals surface area contributed by atoms with Crippen molar-refractivity contribution in [2.24, 2.45) is 11.8 Å². The first-order valence-corrected chi connectivity index (χ1v) is 11.1. The summed E-state index contributed by atoms with van der Waals surface area (Å²) >= 11 is 0. The summed E-state index contributed by atoms with van der Waals surface area (Å²) in [5.41, 5.74) is -0.776. The summed E-state index contributed by atoms with van der Waals surface area (Å²) in [5, 5.41) is 13.7. The summed E-state index contributed by atoms with van der Waals surface area (Å²) in [5.74, 6) is -4.54. The number of amides is 2. The number of methoxy groups -OCH3 is 1. The number of nitrogens with one attached hydrogen (secondary N) is 1. The van der Waals surface area contributed by atoms with Crippen molar-refractivity contribution >= 4 is 23.8 Å². The van der Waals surface area contributed by atoms with E-state index in [1.54, 1.807) is 45.0 Å². The molecule has 2 saturated heterocycles. The zero-order valence-electron chi connectivity index (χ0n) is 19.6. The molecule has 8 heteroatoms. The second-order valence-electron chi connectivity index (χ2n) is 9.86. The fraction of sp³-hybridized carbons (Fsp3) is 0.385. The Morgan fingerprint density at radius 1 is 1.03 bits per heavy atom. The molecule has 2 aromatic rings. The molecule has 0 saturated carbocycles. The Balaban J connectivity index is 1.84. The van der Waals surface area contributed by atoms with Gasteiger partial charge in [0, 0.05) is 18.0 Å². The first-order chi connectivity index (χ1) is 16.0. The largest absolute Gasteiger partial charge is 0.480 e. The minimum atomic E-state index is -1.68. The molecule has 2 N–H and O–H groups in total.